The molecule has 1 saturated heterocycles. The summed E-state index contributed by atoms with van der Waals surface area (Å²) in [7, 11) is 0. The van der Waals surface area contributed by atoms with Crippen molar-refractivity contribution < 1.29 is 0 Å². The molecule has 21 heavy (non-hydrogen) atoms. The Labute approximate surface area is 146 Å². The molecular formula is C16H30Cl2N2S. The quantitative estimate of drug-likeness (QED) is 0.716. The second-order valence-corrected chi connectivity index (χ2v) is 6.66. The molecule has 1 atom stereocenters. The molecule has 0 amide bonds. The fraction of sp³-hybridized carbons (Fsp3) is 0.750. The Hall–Kier alpha value is 0.200. The van der Waals surface area contributed by atoms with Gasteiger partial charge in [0.1, 0.15) is 0 Å². The normalized spacial score (nSPS) is 16.9. The Morgan fingerprint density at radius 1 is 1.14 bits per heavy atom. The molecule has 0 aromatic carbocycles. The van der Waals surface area contributed by atoms with E-state index in [0.29, 0.717) is 6.04 Å². The summed E-state index contributed by atoms with van der Waals surface area (Å²) < 4.78 is 0. The van der Waals surface area contributed by atoms with Crippen molar-refractivity contribution in [2.75, 3.05) is 26.2 Å². The molecule has 0 bridgehead atoms. The van der Waals surface area contributed by atoms with Crippen LogP contribution in [0.2, 0.25) is 0 Å². The minimum absolute atomic E-state index is 0. The first-order valence-corrected chi connectivity index (χ1v) is 8.70. The summed E-state index contributed by atoms with van der Waals surface area (Å²) in [5.74, 6) is 0. The second-order valence-electron chi connectivity index (χ2n) is 5.46. The molecule has 2 nitrogen and oxygen atoms in total. The van der Waals surface area contributed by atoms with E-state index in [1.165, 1.54) is 50.1 Å². The van der Waals surface area contributed by atoms with Crippen molar-refractivity contribution in [3.63, 3.8) is 0 Å². The number of aryl methyl sites for hydroxylation is 1. The summed E-state index contributed by atoms with van der Waals surface area (Å²) >= 11 is 2.03. The maximum atomic E-state index is 3.47. The minimum atomic E-state index is 0. The molecule has 5 heteroatoms. The van der Waals surface area contributed by atoms with E-state index in [9.17, 15) is 0 Å². The van der Waals surface area contributed by atoms with Crippen LogP contribution >= 0.6 is 36.2 Å². The van der Waals surface area contributed by atoms with Crippen LogP contribution in [0, 0.1) is 0 Å². The first-order chi connectivity index (χ1) is 9.35. The molecule has 1 aromatic rings. The molecule has 1 aliphatic rings. The third-order valence-electron chi connectivity index (χ3n) is 4.03. The van der Waals surface area contributed by atoms with Gasteiger partial charge in [0.15, 0.2) is 0 Å². The number of thiophene rings is 1. The van der Waals surface area contributed by atoms with Crippen molar-refractivity contribution in [1.29, 1.82) is 0 Å². The molecule has 1 fully saturated rings. The summed E-state index contributed by atoms with van der Waals surface area (Å²) in [5, 5.41) is 3.47. The number of hydrogen-bond acceptors (Lipinski definition) is 3. The van der Waals surface area contributed by atoms with E-state index >= 15 is 0 Å². The Balaban J connectivity index is 0.00000200. The highest BCUT2D eigenvalue weighted by Gasteiger charge is 2.22. The number of piperazine rings is 1. The highest BCUT2D eigenvalue weighted by atomic mass is 35.5. The van der Waals surface area contributed by atoms with E-state index < -0.39 is 0 Å². The Morgan fingerprint density at radius 2 is 1.86 bits per heavy atom. The number of unbranched alkanes of at least 4 members (excludes halogenated alkanes) is 2. The van der Waals surface area contributed by atoms with Crippen molar-refractivity contribution >= 4 is 36.2 Å². The van der Waals surface area contributed by atoms with E-state index in [2.05, 4.69) is 36.2 Å². The Morgan fingerprint density at radius 3 is 2.43 bits per heavy atom. The Kier molecular flexibility index (Phi) is 11.8. The van der Waals surface area contributed by atoms with Crippen LogP contribution < -0.4 is 5.32 Å². The van der Waals surface area contributed by atoms with E-state index in [-0.39, 0.29) is 24.8 Å². The zero-order valence-electron chi connectivity index (χ0n) is 13.3. The van der Waals surface area contributed by atoms with Gasteiger partial charge in [0.05, 0.1) is 0 Å². The summed E-state index contributed by atoms with van der Waals surface area (Å²) in [5.41, 5.74) is 0. The molecular weight excluding hydrogens is 323 g/mol. The molecule has 1 aliphatic heterocycles. The molecule has 0 aliphatic carbocycles. The highest BCUT2D eigenvalue weighted by molar-refractivity contribution is 7.12. The zero-order chi connectivity index (χ0) is 13.5. The largest absolute Gasteiger partial charge is 0.314 e. The predicted molar refractivity (Wildman–Crippen MR) is 99.5 cm³/mol. The number of halogens is 2. The van der Waals surface area contributed by atoms with Crippen molar-refractivity contribution in [1.82, 2.24) is 10.2 Å². The van der Waals surface area contributed by atoms with Crippen LogP contribution in [0.4, 0.5) is 0 Å². The maximum Gasteiger partial charge on any atom is 0.0442 e. The van der Waals surface area contributed by atoms with Crippen LogP contribution in [0.15, 0.2) is 12.1 Å². The lowest BCUT2D eigenvalue weighted by molar-refractivity contribution is 0.165. The molecule has 1 aromatic heterocycles. The van der Waals surface area contributed by atoms with Crippen molar-refractivity contribution in [3.8, 4) is 0 Å². The lowest BCUT2D eigenvalue weighted by Gasteiger charge is -2.34. The summed E-state index contributed by atoms with van der Waals surface area (Å²) in [4.78, 5) is 5.82. The van der Waals surface area contributed by atoms with Crippen molar-refractivity contribution in [3.05, 3.63) is 21.9 Å². The average molecular weight is 353 g/mol. The van der Waals surface area contributed by atoms with Crippen LogP contribution in [-0.2, 0) is 6.42 Å². The van der Waals surface area contributed by atoms with Gasteiger partial charge in [-0.25, -0.2) is 0 Å². The first-order valence-electron chi connectivity index (χ1n) is 7.88. The van der Waals surface area contributed by atoms with E-state index in [1.807, 2.05) is 11.3 Å². The second kappa shape index (κ2) is 11.7. The predicted octanol–water partition coefficient (Wildman–Crippen LogP) is 4.68. The number of nitrogens with zero attached hydrogens (tertiary/aromatic N) is 1. The van der Waals surface area contributed by atoms with Gasteiger partial charge in [0.25, 0.3) is 0 Å². The van der Waals surface area contributed by atoms with Crippen molar-refractivity contribution in [2.24, 2.45) is 0 Å². The van der Waals surface area contributed by atoms with Crippen LogP contribution in [0.3, 0.4) is 0 Å². The van der Waals surface area contributed by atoms with Crippen LogP contribution in [0.1, 0.15) is 55.3 Å². The lowest BCUT2D eigenvalue weighted by Crippen LogP contribution is -2.45. The first kappa shape index (κ1) is 21.2. The van der Waals surface area contributed by atoms with Gasteiger partial charge in [0.2, 0.25) is 0 Å². The number of hydrogen-bond donors (Lipinski definition) is 1. The van der Waals surface area contributed by atoms with Crippen LogP contribution in [0.5, 0.6) is 0 Å². The number of nitrogens with one attached hydrogen (secondary N) is 1. The summed E-state index contributed by atoms with van der Waals surface area (Å²) in [6.45, 7) is 9.26. The average Bonchev–Trinajstić information content (AvgIpc) is 2.93. The molecule has 2 rings (SSSR count). The SMILES string of the molecule is CCCCC[C@@H](c1ccc(CC)s1)N1CCNCC1.Cl.Cl. The van der Waals surface area contributed by atoms with Crippen LogP contribution in [0.25, 0.3) is 0 Å². The summed E-state index contributed by atoms with van der Waals surface area (Å²) in [6, 6.07) is 5.37. The topological polar surface area (TPSA) is 15.3 Å². The van der Waals surface area contributed by atoms with E-state index in [4.69, 9.17) is 0 Å². The van der Waals surface area contributed by atoms with Gasteiger partial charge < -0.3 is 5.32 Å². The molecule has 1 N–H and O–H groups in total. The standard InChI is InChI=1S/C16H28N2S.2ClH/c1-3-5-6-7-15(18-12-10-17-11-13-18)16-9-8-14(4-2)19-16;;/h8-9,15,17H,3-7,10-13H2,1-2H3;2*1H/t15-;;/m0../s1. The fourth-order valence-electron chi connectivity index (χ4n) is 2.85. The van der Waals surface area contributed by atoms with Gasteiger partial charge >= 0.3 is 0 Å². The molecule has 124 valence electrons. The number of rotatable bonds is 7. The van der Waals surface area contributed by atoms with Gasteiger partial charge in [-0.3, -0.25) is 4.90 Å². The third kappa shape index (κ3) is 6.45. The third-order valence-corrected chi connectivity index (χ3v) is 5.36. The maximum absolute atomic E-state index is 3.47. The lowest BCUT2D eigenvalue weighted by atomic mass is 10.0. The fourth-order valence-corrected chi connectivity index (χ4v) is 3.97. The molecule has 0 spiro atoms. The highest BCUT2D eigenvalue weighted by Crippen LogP contribution is 2.32. The molecule has 0 unspecified atom stereocenters. The smallest absolute Gasteiger partial charge is 0.0442 e. The zero-order valence-corrected chi connectivity index (χ0v) is 15.7. The Bertz CT molecular complexity index is 365. The van der Waals surface area contributed by atoms with Gasteiger partial charge in [-0.2, -0.15) is 0 Å². The monoisotopic (exact) mass is 352 g/mol. The van der Waals surface area contributed by atoms with Gasteiger partial charge in [-0.15, -0.1) is 36.2 Å². The molecule has 0 saturated carbocycles. The molecule has 2 heterocycles. The van der Waals surface area contributed by atoms with Gasteiger partial charge in [-0.1, -0.05) is 33.1 Å². The van der Waals surface area contributed by atoms with E-state index in [1.54, 1.807) is 4.88 Å². The van der Waals surface area contributed by atoms with Crippen molar-refractivity contribution in [2.45, 2.75) is 52.0 Å². The molecule has 0 radical (unpaired) electrons. The van der Waals surface area contributed by atoms with Crippen LogP contribution in [-0.4, -0.2) is 31.1 Å². The minimum Gasteiger partial charge on any atom is -0.314 e. The van der Waals surface area contributed by atoms with Gasteiger partial charge in [0, 0.05) is 42.0 Å². The van der Waals surface area contributed by atoms with E-state index in [0.717, 1.165) is 13.1 Å². The summed E-state index contributed by atoms with van der Waals surface area (Å²) in [6.07, 6.45) is 6.56. The van der Waals surface area contributed by atoms with Gasteiger partial charge in [-0.05, 0) is 25.0 Å².